The highest BCUT2D eigenvalue weighted by Gasteiger charge is 2.16. The first-order valence-electron chi connectivity index (χ1n) is 23.4. The van der Waals surface area contributed by atoms with E-state index in [9.17, 15) is 0 Å². The van der Waals surface area contributed by atoms with E-state index < -0.39 is 0 Å². The van der Waals surface area contributed by atoms with Crippen molar-refractivity contribution in [3.8, 4) is 0 Å². The van der Waals surface area contributed by atoms with Crippen LogP contribution in [-0.4, -0.2) is 4.57 Å². The first-order chi connectivity index (χ1) is 24.3. The predicted molar refractivity (Wildman–Crippen MR) is 221 cm³/mol. The van der Waals surface area contributed by atoms with Crippen LogP contribution >= 0.6 is 0 Å². The lowest BCUT2D eigenvalue weighted by Gasteiger charge is -2.07. The van der Waals surface area contributed by atoms with Gasteiger partial charge < -0.3 is 0 Å². The molecule has 0 aromatic carbocycles. The fourth-order valence-corrected chi connectivity index (χ4v) is 7.92. The Morgan fingerprint density at radius 3 is 0.980 bits per heavy atom. The third-order valence-electron chi connectivity index (χ3n) is 11.3. The second-order valence-corrected chi connectivity index (χ2v) is 16.2. The Bertz CT molecular complexity index is 702. The van der Waals surface area contributed by atoms with Crippen molar-refractivity contribution in [2.45, 2.75) is 284 Å². The van der Waals surface area contributed by atoms with Crippen molar-refractivity contribution >= 4 is 0 Å². The molecule has 0 saturated heterocycles. The molecule has 0 aliphatic rings. The van der Waals surface area contributed by atoms with E-state index in [4.69, 9.17) is 0 Å². The minimum atomic E-state index is 1.23. The van der Waals surface area contributed by atoms with Crippen LogP contribution in [0.25, 0.3) is 0 Å². The molecule has 0 spiro atoms. The molecule has 0 aliphatic heterocycles. The summed E-state index contributed by atoms with van der Waals surface area (Å²) >= 11 is 0. The van der Waals surface area contributed by atoms with Crippen LogP contribution in [0.3, 0.4) is 0 Å². The Hall–Kier alpha value is -0.790. The monoisotopic (exact) mass is 686 g/mol. The molecule has 2 nitrogen and oxygen atoms in total. The Balaban J connectivity index is 2.26. The SMILES string of the molecule is CCCCCCCCCCCCCCCCn1cc[n+](CCCCCCCCCCCCCCCC)c1CCCCCCCCCCCC. The van der Waals surface area contributed by atoms with Gasteiger partial charge in [0.05, 0.1) is 13.1 Å². The van der Waals surface area contributed by atoms with Gasteiger partial charge in [0.1, 0.15) is 12.4 Å². The van der Waals surface area contributed by atoms with Crippen LogP contribution < -0.4 is 4.57 Å². The maximum Gasteiger partial charge on any atom is 0.256 e. The molecule has 0 bridgehead atoms. The first-order valence-corrected chi connectivity index (χ1v) is 23.4. The number of hydrogen-bond acceptors (Lipinski definition) is 0. The van der Waals surface area contributed by atoms with Crippen LogP contribution in [0.15, 0.2) is 12.4 Å². The maximum absolute atomic E-state index is 2.65. The molecule has 0 aliphatic carbocycles. The van der Waals surface area contributed by atoms with Gasteiger partial charge in [-0.25, -0.2) is 9.13 Å². The summed E-state index contributed by atoms with van der Waals surface area (Å²) in [5.74, 6) is 1.63. The lowest BCUT2D eigenvalue weighted by molar-refractivity contribution is -0.704. The summed E-state index contributed by atoms with van der Waals surface area (Å²) in [6.07, 6.45) is 60.8. The highest BCUT2D eigenvalue weighted by atomic mass is 15.1. The maximum atomic E-state index is 2.65. The Kier molecular flexibility index (Phi) is 36.3. The predicted octanol–water partition coefficient (Wildman–Crippen LogP) is 16.2. The highest BCUT2D eigenvalue weighted by Crippen LogP contribution is 2.16. The summed E-state index contributed by atoms with van der Waals surface area (Å²) in [7, 11) is 0. The zero-order valence-corrected chi connectivity index (χ0v) is 34.5. The number of nitrogens with zero attached hydrogens (tertiary/aromatic N) is 2. The van der Waals surface area contributed by atoms with E-state index in [1.807, 2.05) is 0 Å². The molecular formula is C47H93N2+. The van der Waals surface area contributed by atoms with Gasteiger partial charge in [-0.2, -0.15) is 0 Å². The van der Waals surface area contributed by atoms with Crippen molar-refractivity contribution in [3.63, 3.8) is 0 Å². The molecule has 1 aromatic rings. The molecule has 1 rings (SSSR count). The molecule has 0 unspecified atom stereocenters. The molecule has 2 heteroatoms. The van der Waals surface area contributed by atoms with Crippen LogP contribution in [-0.2, 0) is 19.5 Å². The normalized spacial score (nSPS) is 11.7. The van der Waals surface area contributed by atoms with Gasteiger partial charge in [-0.15, -0.1) is 0 Å². The Morgan fingerprint density at radius 2 is 0.633 bits per heavy atom. The summed E-state index contributed by atoms with van der Waals surface area (Å²) in [5.41, 5.74) is 0. The molecule has 1 heterocycles. The first kappa shape index (κ1) is 46.2. The zero-order chi connectivity index (χ0) is 35.1. The lowest BCUT2D eigenvalue weighted by atomic mass is 10.0. The van der Waals surface area contributed by atoms with Crippen molar-refractivity contribution in [3.05, 3.63) is 18.2 Å². The van der Waals surface area contributed by atoms with Crippen LogP contribution in [0.2, 0.25) is 0 Å². The Labute approximate surface area is 310 Å². The van der Waals surface area contributed by atoms with E-state index in [-0.39, 0.29) is 0 Å². The minimum Gasteiger partial charge on any atom is -0.234 e. The summed E-state index contributed by atoms with van der Waals surface area (Å²) in [6, 6.07) is 0. The topological polar surface area (TPSA) is 8.81 Å². The molecule has 1 aromatic heterocycles. The molecule has 0 radical (unpaired) electrons. The Morgan fingerprint density at radius 1 is 0.347 bits per heavy atom. The molecule has 0 amide bonds. The molecule has 0 atom stereocenters. The van der Waals surface area contributed by atoms with Crippen molar-refractivity contribution in [2.24, 2.45) is 0 Å². The van der Waals surface area contributed by atoms with E-state index >= 15 is 0 Å². The van der Waals surface area contributed by atoms with E-state index in [2.05, 4.69) is 42.3 Å². The third-order valence-corrected chi connectivity index (χ3v) is 11.3. The van der Waals surface area contributed by atoms with Gasteiger partial charge in [0.25, 0.3) is 5.82 Å². The number of unbranched alkanes of at least 4 members (excludes halogenated alkanes) is 35. The van der Waals surface area contributed by atoms with Crippen molar-refractivity contribution in [2.75, 3.05) is 0 Å². The minimum absolute atomic E-state index is 1.23. The molecule has 290 valence electrons. The number of rotatable bonds is 41. The number of aryl methyl sites for hydroxylation is 2. The lowest BCUT2D eigenvalue weighted by Crippen LogP contribution is -2.37. The van der Waals surface area contributed by atoms with E-state index in [0.29, 0.717) is 0 Å². The summed E-state index contributed by atoms with van der Waals surface area (Å²) in [6.45, 7) is 9.41. The molecular weight excluding hydrogens is 593 g/mol. The molecule has 0 saturated carbocycles. The summed E-state index contributed by atoms with van der Waals surface area (Å²) < 4.78 is 5.30. The van der Waals surface area contributed by atoms with Crippen molar-refractivity contribution in [1.29, 1.82) is 0 Å². The smallest absolute Gasteiger partial charge is 0.234 e. The third kappa shape index (κ3) is 30.5. The van der Waals surface area contributed by atoms with Crippen LogP contribution in [0.4, 0.5) is 0 Å². The van der Waals surface area contributed by atoms with E-state index in [1.165, 1.54) is 264 Å². The largest absolute Gasteiger partial charge is 0.256 e. The molecule has 49 heavy (non-hydrogen) atoms. The average molecular weight is 686 g/mol. The number of hydrogen-bond donors (Lipinski definition) is 0. The van der Waals surface area contributed by atoms with Gasteiger partial charge in [0.15, 0.2) is 0 Å². The van der Waals surface area contributed by atoms with Crippen LogP contribution in [0.1, 0.15) is 271 Å². The number of aromatic nitrogens is 2. The van der Waals surface area contributed by atoms with Crippen molar-refractivity contribution in [1.82, 2.24) is 4.57 Å². The van der Waals surface area contributed by atoms with Crippen LogP contribution in [0.5, 0.6) is 0 Å². The van der Waals surface area contributed by atoms with Gasteiger partial charge >= 0.3 is 0 Å². The number of imidazole rings is 1. The molecule has 0 N–H and O–H groups in total. The van der Waals surface area contributed by atoms with Gasteiger partial charge in [-0.05, 0) is 32.1 Å². The standard InChI is InChI=1S/C47H93N2/c1-4-7-10-13-16-19-22-24-26-28-31-34-37-40-43-48-45-46-49(47(48)42-39-36-33-30-21-18-15-12-9-6-3)44-41-38-35-32-29-27-25-23-20-17-14-11-8-5-2/h45-46H,4-44H2,1-3H3/q+1. The molecule has 0 fully saturated rings. The van der Waals surface area contributed by atoms with Gasteiger partial charge in [0.2, 0.25) is 0 Å². The van der Waals surface area contributed by atoms with E-state index in [0.717, 1.165) is 0 Å². The quantitative estimate of drug-likeness (QED) is 0.0479. The summed E-state index contributed by atoms with van der Waals surface area (Å²) in [5, 5.41) is 0. The van der Waals surface area contributed by atoms with E-state index in [1.54, 1.807) is 5.82 Å². The van der Waals surface area contributed by atoms with Gasteiger partial charge in [0, 0.05) is 6.42 Å². The zero-order valence-electron chi connectivity index (χ0n) is 34.5. The van der Waals surface area contributed by atoms with Gasteiger partial charge in [-0.3, -0.25) is 0 Å². The fraction of sp³-hybridized carbons (Fsp3) is 0.936. The van der Waals surface area contributed by atoms with Crippen molar-refractivity contribution < 1.29 is 4.57 Å². The second kappa shape index (κ2) is 38.4. The fourth-order valence-electron chi connectivity index (χ4n) is 7.92. The summed E-state index contributed by atoms with van der Waals surface area (Å²) in [4.78, 5) is 0. The van der Waals surface area contributed by atoms with Crippen LogP contribution in [0, 0.1) is 0 Å². The average Bonchev–Trinajstić information content (AvgIpc) is 3.50. The second-order valence-electron chi connectivity index (χ2n) is 16.2. The highest BCUT2D eigenvalue weighted by molar-refractivity contribution is 4.84. The van der Waals surface area contributed by atoms with Gasteiger partial charge in [-0.1, -0.05) is 233 Å².